The van der Waals surface area contributed by atoms with E-state index in [1.54, 1.807) is 36.4 Å². The second-order valence-electron chi connectivity index (χ2n) is 4.07. The minimum absolute atomic E-state index is 0.0934. The zero-order valence-electron chi connectivity index (χ0n) is 10.2. The van der Waals surface area contributed by atoms with Crippen LogP contribution in [0, 0.1) is 12.3 Å². The third kappa shape index (κ3) is 3.19. The van der Waals surface area contributed by atoms with Crippen LogP contribution in [0.15, 0.2) is 36.4 Å². The molecule has 0 saturated heterocycles. The largest absolute Gasteiger partial charge is 0.456 e. The third-order valence-electron chi connectivity index (χ3n) is 2.59. The number of nitrogens with one attached hydrogen (secondary N) is 1. The van der Waals surface area contributed by atoms with Gasteiger partial charge >= 0.3 is 0 Å². The van der Waals surface area contributed by atoms with Crippen LogP contribution in [0.2, 0.25) is 10.0 Å². The van der Waals surface area contributed by atoms with Gasteiger partial charge in [0.1, 0.15) is 17.3 Å². The van der Waals surface area contributed by atoms with Crippen LogP contribution in [0.25, 0.3) is 0 Å². The second-order valence-corrected chi connectivity index (χ2v) is 4.94. The normalized spacial score (nSPS) is 10.3. The minimum Gasteiger partial charge on any atom is -0.456 e. The van der Waals surface area contributed by atoms with E-state index >= 15 is 0 Å². The summed E-state index contributed by atoms with van der Waals surface area (Å²) in [5, 5.41) is 8.70. The average molecular weight is 295 g/mol. The molecule has 0 aliphatic rings. The molecule has 0 unspecified atom stereocenters. The number of hydrogen-bond donors (Lipinski definition) is 2. The van der Waals surface area contributed by atoms with E-state index in [0.717, 1.165) is 5.56 Å². The number of nitrogens with two attached hydrogens (primary N) is 1. The summed E-state index contributed by atoms with van der Waals surface area (Å²) in [6.45, 7) is 1.89. The van der Waals surface area contributed by atoms with Crippen molar-refractivity contribution in [1.82, 2.24) is 0 Å². The highest BCUT2D eigenvalue weighted by atomic mass is 35.5. The molecule has 0 fully saturated rings. The summed E-state index contributed by atoms with van der Waals surface area (Å²) in [5.74, 6) is 1.06. The van der Waals surface area contributed by atoms with E-state index in [4.69, 9.17) is 39.1 Å². The van der Waals surface area contributed by atoms with Crippen molar-refractivity contribution >= 4 is 29.0 Å². The first-order chi connectivity index (χ1) is 8.97. The van der Waals surface area contributed by atoms with E-state index in [1.807, 2.05) is 6.92 Å². The van der Waals surface area contributed by atoms with Gasteiger partial charge in [-0.05, 0) is 48.9 Å². The maximum Gasteiger partial charge on any atom is 0.138 e. The number of ether oxygens (including phenoxy) is 1. The fourth-order valence-corrected chi connectivity index (χ4v) is 2.05. The van der Waals surface area contributed by atoms with E-state index < -0.39 is 0 Å². The van der Waals surface area contributed by atoms with Crippen LogP contribution in [0.4, 0.5) is 0 Å². The standard InChI is InChI=1S/C14H12Cl2N2O/c1-8-6-9(15)2-4-12(8)19-13-5-3-10(16)7-11(13)14(17)18/h2-7H,1H3,(H3,17,18). The van der Waals surface area contributed by atoms with Crippen molar-refractivity contribution in [2.24, 2.45) is 5.73 Å². The van der Waals surface area contributed by atoms with Gasteiger partial charge < -0.3 is 10.5 Å². The fraction of sp³-hybridized carbons (Fsp3) is 0.0714. The monoisotopic (exact) mass is 294 g/mol. The summed E-state index contributed by atoms with van der Waals surface area (Å²) >= 11 is 11.8. The molecule has 0 bridgehead atoms. The Morgan fingerprint density at radius 1 is 1.05 bits per heavy atom. The number of hydrogen-bond acceptors (Lipinski definition) is 2. The van der Waals surface area contributed by atoms with Crippen molar-refractivity contribution in [3.05, 3.63) is 57.6 Å². The molecule has 0 aliphatic carbocycles. The molecule has 0 spiro atoms. The van der Waals surface area contributed by atoms with Gasteiger partial charge in [-0.1, -0.05) is 23.2 Å². The Morgan fingerprint density at radius 3 is 2.21 bits per heavy atom. The van der Waals surface area contributed by atoms with Crippen molar-refractivity contribution in [1.29, 1.82) is 5.41 Å². The first kappa shape index (κ1) is 13.7. The minimum atomic E-state index is -0.0934. The predicted molar refractivity (Wildman–Crippen MR) is 78.7 cm³/mol. The molecule has 98 valence electrons. The molecule has 0 amide bonds. The van der Waals surface area contributed by atoms with Gasteiger partial charge in [0.05, 0.1) is 5.56 Å². The Hall–Kier alpha value is -1.71. The predicted octanol–water partition coefficient (Wildman–Crippen LogP) is 4.38. The van der Waals surface area contributed by atoms with Gasteiger partial charge in [0.15, 0.2) is 0 Å². The van der Waals surface area contributed by atoms with Gasteiger partial charge in [0, 0.05) is 10.0 Å². The highest BCUT2D eigenvalue weighted by Gasteiger charge is 2.10. The number of halogens is 2. The van der Waals surface area contributed by atoms with E-state index in [1.165, 1.54) is 0 Å². The molecule has 0 aromatic heterocycles. The maximum absolute atomic E-state index is 7.54. The van der Waals surface area contributed by atoms with Gasteiger partial charge in [-0.15, -0.1) is 0 Å². The van der Waals surface area contributed by atoms with Gasteiger partial charge in [0.2, 0.25) is 0 Å². The van der Waals surface area contributed by atoms with Crippen molar-refractivity contribution in [3.63, 3.8) is 0 Å². The number of aryl methyl sites for hydroxylation is 1. The zero-order chi connectivity index (χ0) is 14.0. The molecule has 0 radical (unpaired) electrons. The Balaban J connectivity index is 2.40. The van der Waals surface area contributed by atoms with Crippen molar-refractivity contribution in [2.75, 3.05) is 0 Å². The molecule has 3 nitrogen and oxygen atoms in total. The summed E-state index contributed by atoms with van der Waals surface area (Å²) in [7, 11) is 0. The Morgan fingerprint density at radius 2 is 1.63 bits per heavy atom. The first-order valence-electron chi connectivity index (χ1n) is 5.55. The van der Waals surface area contributed by atoms with E-state index in [-0.39, 0.29) is 5.84 Å². The summed E-state index contributed by atoms with van der Waals surface area (Å²) in [6, 6.07) is 10.3. The Bertz CT molecular complexity index is 641. The molecule has 3 N–H and O–H groups in total. The Labute approximate surface area is 121 Å². The van der Waals surface area contributed by atoms with Crippen LogP contribution >= 0.6 is 23.2 Å². The Kier molecular flexibility index (Phi) is 3.98. The second kappa shape index (κ2) is 5.51. The van der Waals surface area contributed by atoms with Gasteiger partial charge in [-0.25, -0.2) is 0 Å². The highest BCUT2D eigenvalue weighted by Crippen LogP contribution is 2.30. The van der Waals surface area contributed by atoms with Crippen molar-refractivity contribution in [3.8, 4) is 11.5 Å². The number of benzene rings is 2. The van der Waals surface area contributed by atoms with Crippen LogP contribution in [0.5, 0.6) is 11.5 Å². The van der Waals surface area contributed by atoms with Crippen LogP contribution in [-0.4, -0.2) is 5.84 Å². The maximum atomic E-state index is 7.54. The molecule has 0 atom stereocenters. The molecule has 0 heterocycles. The average Bonchev–Trinajstić information content (AvgIpc) is 2.34. The van der Waals surface area contributed by atoms with Gasteiger partial charge in [-0.3, -0.25) is 5.41 Å². The molecule has 0 saturated carbocycles. The smallest absolute Gasteiger partial charge is 0.138 e. The quantitative estimate of drug-likeness (QED) is 0.652. The third-order valence-corrected chi connectivity index (χ3v) is 3.06. The van der Waals surface area contributed by atoms with E-state index in [9.17, 15) is 0 Å². The molecule has 19 heavy (non-hydrogen) atoms. The number of nitrogen functional groups attached to an aromatic ring is 1. The fourth-order valence-electron chi connectivity index (χ4n) is 1.65. The van der Waals surface area contributed by atoms with Gasteiger partial charge in [0.25, 0.3) is 0 Å². The van der Waals surface area contributed by atoms with Gasteiger partial charge in [-0.2, -0.15) is 0 Å². The van der Waals surface area contributed by atoms with Crippen LogP contribution in [0.1, 0.15) is 11.1 Å². The lowest BCUT2D eigenvalue weighted by molar-refractivity contribution is 0.478. The lowest BCUT2D eigenvalue weighted by Gasteiger charge is -2.12. The summed E-state index contributed by atoms with van der Waals surface area (Å²) in [4.78, 5) is 0. The van der Waals surface area contributed by atoms with Crippen molar-refractivity contribution in [2.45, 2.75) is 6.92 Å². The first-order valence-corrected chi connectivity index (χ1v) is 6.31. The lowest BCUT2D eigenvalue weighted by Crippen LogP contribution is -2.12. The molecule has 0 aliphatic heterocycles. The zero-order valence-corrected chi connectivity index (χ0v) is 11.7. The molecule has 2 aromatic rings. The molecule has 5 heteroatoms. The van der Waals surface area contributed by atoms with Crippen LogP contribution < -0.4 is 10.5 Å². The molecular weight excluding hydrogens is 283 g/mol. The van der Waals surface area contributed by atoms with Crippen molar-refractivity contribution < 1.29 is 4.74 Å². The number of rotatable bonds is 3. The highest BCUT2D eigenvalue weighted by molar-refractivity contribution is 6.31. The summed E-state index contributed by atoms with van der Waals surface area (Å²) < 4.78 is 5.77. The van der Waals surface area contributed by atoms with E-state index in [0.29, 0.717) is 27.1 Å². The summed E-state index contributed by atoms with van der Waals surface area (Å²) in [6.07, 6.45) is 0. The topological polar surface area (TPSA) is 59.1 Å². The summed E-state index contributed by atoms with van der Waals surface area (Å²) in [5.41, 5.74) is 6.88. The molecule has 2 aromatic carbocycles. The van der Waals surface area contributed by atoms with Crippen LogP contribution in [0.3, 0.4) is 0 Å². The molecule has 2 rings (SSSR count). The molecular formula is C14H12Cl2N2O. The number of amidine groups is 1. The van der Waals surface area contributed by atoms with Crippen LogP contribution in [-0.2, 0) is 0 Å². The SMILES string of the molecule is Cc1cc(Cl)ccc1Oc1ccc(Cl)cc1C(=N)N. The van der Waals surface area contributed by atoms with E-state index in [2.05, 4.69) is 0 Å². The lowest BCUT2D eigenvalue weighted by atomic mass is 10.1.